The smallest absolute Gasteiger partial charge is 0.418 e. The number of hydrogen-bond acceptors (Lipinski definition) is 6. The van der Waals surface area contributed by atoms with Crippen LogP contribution in [0.3, 0.4) is 0 Å². The van der Waals surface area contributed by atoms with Gasteiger partial charge in [-0.15, -0.1) is 0 Å². The summed E-state index contributed by atoms with van der Waals surface area (Å²) in [7, 11) is 0. The minimum Gasteiger partial charge on any atom is -0.456 e. The number of nitrogens with one attached hydrogen (secondary N) is 1. The highest BCUT2D eigenvalue weighted by Gasteiger charge is 2.34. The molecular weight excluding hydrogens is 439 g/mol. The number of carbonyl (C=O) groups is 2. The summed E-state index contributed by atoms with van der Waals surface area (Å²) in [6, 6.07) is 12.0. The zero-order chi connectivity index (χ0) is 22.4. The van der Waals surface area contributed by atoms with Crippen LogP contribution in [0.15, 0.2) is 53.1 Å². The Hall–Kier alpha value is -3.40. The van der Waals surface area contributed by atoms with E-state index in [1.54, 1.807) is 12.1 Å². The molecule has 162 valence electrons. The van der Waals surface area contributed by atoms with Gasteiger partial charge in [0.25, 0.3) is 5.91 Å². The number of benzene rings is 2. The SMILES string of the molecule is O=C(COC(=O)CCc1nc(-c2ccccc2)no1)Nc1ccc(Cl)cc1C(F)(F)F. The number of hydrogen-bond donors (Lipinski definition) is 1. The Morgan fingerprint density at radius 1 is 1.13 bits per heavy atom. The molecule has 2 aromatic carbocycles. The van der Waals surface area contributed by atoms with Crippen molar-refractivity contribution in [1.29, 1.82) is 0 Å². The number of alkyl halides is 3. The highest BCUT2D eigenvalue weighted by atomic mass is 35.5. The summed E-state index contributed by atoms with van der Waals surface area (Å²) in [6.45, 7) is -0.752. The van der Waals surface area contributed by atoms with Crippen LogP contribution in [-0.4, -0.2) is 28.6 Å². The monoisotopic (exact) mass is 453 g/mol. The minimum atomic E-state index is -4.72. The average molecular weight is 454 g/mol. The standard InChI is InChI=1S/C20H15ClF3N3O4/c21-13-6-7-15(14(10-13)20(22,23)24)25-16(28)11-30-18(29)9-8-17-26-19(27-31-17)12-4-2-1-3-5-12/h1-7,10H,8-9,11H2,(H,25,28). The second-order valence-corrected chi connectivity index (χ2v) is 6.71. The molecule has 0 radical (unpaired) electrons. The van der Waals surface area contributed by atoms with Crippen molar-refractivity contribution in [2.75, 3.05) is 11.9 Å². The molecule has 0 aliphatic rings. The van der Waals surface area contributed by atoms with E-state index in [-0.39, 0.29) is 23.8 Å². The highest BCUT2D eigenvalue weighted by Crippen LogP contribution is 2.36. The molecule has 0 saturated carbocycles. The molecule has 1 aromatic heterocycles. The molecule has 0 aliphatic carbocycles. The number of aromatic nitrogens is 2. The van der Waals surface area contributed by atoms with Crippen molar-refractivity contribution in [3.8, 4) is 11.4 Å². The quantitative estimate of drug-likeness (QED) is 0.528. The summed E-state index contributed by atoms with van der Waals surface area (Å²) in [4.78, 5) is 27.9. The third kappa shape index (κ3) is 6.29. The Labute approximate surface area is 179 Å². The molecule has 31 heavy (non-hydrogen) atoms. The number of ether oxygens (including phenoxy) is 1. The van der Waals surface area contributed by atoms with E-state index < -0.39 is 35.9 Å². The molecule has 0 unspecified atom stereocenters. The van der Waals surface area contributed by atoms with Crippen LogP contribution in [0.4, 0.5) is 18.9 Å². The Bertz CT molecular complexity index is 1070. The molecule has 0 fully saturated rings. The Balaban J connectivity index is 1.48. The molecule has 11 heteroatoms. The number of rotatable bonds is 7. The number of amides is 1. The third-order valence-electron chi connectivity index (χ3n) is 3.97. The largest absolute Gasteiger partial charge is 0.456 e. The van der Waals surface area contributed by atoms with E-state index in [2.05, 4.69) is 15.5 Å². The van der Waals surface area contributed by atoms with Crippen molar-refractivity contribution in [3.05, 3.63) is 65.0 Å². The van der Waals surface area contributed by atoms with Crippen LogP contribution in [0.1, 0.15) is 17.9 Å². The fourth-order valence-corrected chi connectivity index (χ4v) is 2.71. The van der Waals surface area contributed by atoms with E-state index in [0.29, 0.717) is 11.9 Å². The van der Waals surface area contributed by atoms with Gasteiger partial charge in [-0.1, -0.05) is 47.1 Å². The van der Waals surface area contributed by atoms with Gasteiger partial charge in [-0.25, -0.2) is 0 Å². The fourth-order valence-electron chi connectivity index (χ4n) is 2.53. The van der Waals surface area contributed by atoms with Crippen LogP contribution in [0, 0.1) is 0 Å². The summed E-state index contributed by atoms with van der Waals surface area (Å²) in [5, 5.41) is 5.74. The van der Waals surface area contributed by atoms with Crippen LogP contribution in [-0.2, 0) is 26.9 Å². The second kappa shape index (κ2) is 9.61. The maximum atomic E-state index is 13.0. The predicted molar refractivity (Wildman–Crippen MR) is 104 cm³/mol. The first-order chi connectivity index (χ1) is 14.7. The summed E-state index contributed by atoms with van der Waals surface area (Å²) >= 11 is 5.58. The number of esters is 1. The molecule has 0 aliphatic heterocycles. The van der Waals surface area contributed by atoms with Gasteiger partial charge < -0.3 is 14.6 Å². The summed E-state index contributed by atoms with van der Waals surface area (Å²) in [5.74, 6) is -1.10. The van der Waals surface area contributed by atoms with Gasteiger partial charge >= 0.3 is 12.1 Å². The van der Waals surface area contributed by atoms with Crippen molar-refractivity contribution in [3.63, 3.8) is 0 Å². The first kappa shape index (κ1) is 22.3. The minimum absolute atomic E-state index is 0.0791. The number of anilines is 1. The lowest BCUT2D eigenvalue weighted by Gasteiger charge is -2.14. The van der Waals surface area contributed by atoms with E-state index >= 15 is 0 Å². The van der Waals surface area contributed by atoms with Crippen molar-refractivity contribution >= 4 is 29.2 Å². The zero-order valence-electron chi connectivity index (χ0n) is 15.8. The molecular formula is C20H15ClF3N3O4. The fraction of sp³-hybridized carbons (Fsp3) is 0.200. The lowest BCUT2D eigenvalue weighted by molar-refractivity contribution is -0.147. The molecule has 0 saturated heterocycles. The first-order valence-corrected chi connectivity index (χ1v) is 9.30. The maximum Gasteiger partial charge on any atom is 0.418 e. The normalized spacial score (nSPS) is 11.2. The molecule has 3 rings (SSSR count). The van der Waals surface area contributed by atoms with Gasteiger partial charge in [0.1, 0.15) is 0 Å². The Kier molecular flexibility index (Phi) is 6.91. The van der Waals surface area contributed by atoms with Gasteiger partial charge in [0.05, 0.1) is 17.7 Å². The number of carbonyl (C=O) groups excluding carboxylic acids is 2. The second-order valence-electron chi connectivity index (χ2n) is 6.27. The molecule has 0 bridgehead atoms. The molecule has 0 spiro atoms. The molecule has 1 N–H and O–H groups in total. The summed E-state index contributed by atoms with van der Waals surface area (Å²) < 4.78 is 49.0. The van der Waals surface area contributed by atoms with Crippen LogP contribution in [0.25, 0.3) is 11.4 Å². The number of nitrogens with zero attached hydrogens (tertiary/aromatic N) is 2. The van der Waals surface area contributed by atoms with Gasteiger partial charge in [-0.05, 0) is 18.2 Å². The maximum absolute atomic E-state index is 13.0. The van der Waals surface area contributed by atoms with Crippen LogP contribution >= 0.6 is 11.6 Å². The van der Waals surface area contributed by atoms with Crippen LogP contribution in [0.5, 0.6) is 0 Å². The van der Waals surface area contributed by atoms with E-state index in [9.17, 15) is 22.8 Å². The zero-order valence-corrected chi connectivity index (χ0v) is 16.5. The lowest BCUT2D eigenvalue weighted by atomic mass is 10.1. The van der Waals surface area contributed by atoms with Gasteiger partial charge in [-0.3, -0.25) is 9.59 Å². The van der Waals surface area contributed by atoms with Crippen molar-refractivity contribution in [1.82, 2.24) is 10.1 Å². The highest BCUT2D eigenvalue weighted by molar-refractivity contribution is 6.30. The van der Waals surface area contributed by atoms with Gasteiger partial charge in [0, 0.05) is 17.0 Å². The van der Waals surface area contributed by atoms with E-state index in [1.807, 2.05) is 18.2 Å². The van der Waals surface area contributed by atoms with Crippen LogP contribution in [0.2, 0.25) is 5.02 Å². The van der Waals surface area contributed by atoms with Gasteiger partial charge in [-0.2, -0.15) is 18.2 Å². The van der Waals surface area contributed by atoms with Gasteiger partial charge in [0.2, 0.25) is 11.7 Å². The van der Waals surface area contributed by atoms with Gasteiger partial charge in [0.15, 0.2) is 6.61 Å². The number of halogens is 4. The molecule has 3 aromatic rings. The molecule has 7 nitrogen and oxygen atoms in total. The molecule has 1 amide bonds. The molecule has 0 atom stereocenters. The predicted octanol–water partition coefficient (Wildman–Crippen LogP) is 4.52. The van der Waals surface area contributed by atoms with E-state index in [4.69, 9.17) is 20.9 Å². The average Bonchev–Trinajstić information content (AvgIpc) is 3.21. The van der Waals surface area contributed by atoms with E-state index in [0.717, 1.165) is 11.6 Å². The topological polar surface area (TPSA) is 94.3 Å². The van der Waals surface area contributed by atoms with Crippen molar-refractivity contribution < 1.29 is 32.0 Å². The molecule has 1 heterocycles. The van der Waals surface area contributed by atoms with E-state index in [1.165, 1.54) is 6.07 Å². The van der Waals surface area contributed by atoms with Crippen LogP contribution < -0.4 is 5.32 Å². The van der Waals surface area contributed by atoms with Crippen molar-refractivity contribution in [2.45, 2.75) is 19.0 Å². The summed E-state index contributed by atoms with van der Waals surface area (Å²) in [6.07, 6.45) is -4.79. The number of aryl methyl sites for hydroxylation is 1. The van der Waals surface area contributed by atoms with Crippen molar-refractivity contribution in [2.24, 2.45) is 0 Å². The lowest BCUT2D eigenvalue weighted by Crippen LogP contribution is -2.22. The Morgan fingerprint density at radius 2 is 1.87 bits per heavy atom. The third-order valence-corrected chi connectivity index (χ3v) is 4.20. The first-order valence-electron chi connectivity index (χ1n) is 8.92. The summed E-state index contributed by atoms with van der Waals surface area (Å²) in [5.41, 5.74) is -0.847. The Morgan fingerprint density at radius 3 is 2.58 bits per heavy atom.